The van der Waals surface area contributed by atoms with Crippen LogP contribution in [0.2, 0.25) is 0 Å². The fourth-order valence-electron chi connectivity index (χ4n) is 2.01. The van der Waals surface area contributed by atoms with Crippen molar-refractivity contribution in [1.82, 2.24) is 5.32 Å². The predicted molar refractivity (Wildman–Crippen MR) is 76.6 cm³/mol. The first-order chi connectivity index (χ1) is 9.70. The van der Waals surface area contributed by atoms with Crippen LogP contribution in [0.1, 0.15) is 41.6 Å². The Kier molecular flexibility index (Phi) is 5.14. The predicted octanol–water partition coefficient (Wildman–Crippen LogP) is 2.06. The Balaban J connectivity index is 1.87. The smallest absolute Gasteiger partial charge is 0.251 e. The molecule has 0 bridgehead atoms. The second-order valence-corrected chi connectivity index (χ2v) is 5.04. The highest BCUT2D eigenvalue weighted by atomic mass is 19.1. The number of halogens is 1. The minimum Gasteiger partial charge on any atom is -0.352 e. The summed E-state index contributed by atoms with van der Waals surface area (Å²) in [6.45, 7) is 0.828. The van der Waals surface area contributed by atoms with E-state index in [4.69, 9.17) is 5.73 Å². The minimum atomic E-state index is -0.489. The first-order valence-electron chi connectivity index (χ1n) is 6.97. The second-order valence-electron chi connectivity index (χ2n) is 5.04. The van der Waals surface area contributed by atoms with Crippen molar-refractivity contribution in [2.45, 2.75) is 25.7 Å². The Hall–Kier alpha value is -1.86. The van der Waals surface area contributed by atoms with E-state index in [1.165, 1.54) is 31.4 Å². The van der Waals surface area contributed by atoms with E-state index in [1.807, 2.05) is 0 Å². The van der Waals surface area contributed by atoms with Crippen LogP contribution in [-0.4, -0.2) is 19.0 Å². The van der Waals surface area contributed by atoms with E-state index < -0.39 is 5.82 Å². The quantitative estimate of drug-likeness (QED) is 0.638. The van der Waals surface area contributed by atoms with E-state index >= 15 is 0 Å². The number of benzene rings is 1. The van der Waals surface area contributed by atoms with Gasteiger partial charge in [-0.1, -0.05) is 24.7 Å². The maximum absolute atomic E-state index is 13.7. The molecule has 0 heterocycles. The summed E-state index contributed by atoms with van der Waals surface area (Å²) < 4.78 is 13.7. The number of carbonyl (C=O) groups excluding carboxylic acids is 1. The molecule has 1 aliphatic carbocycles. The monoisotopic (exact) mass is 274 g/mol. The summed E-state index contributed by atoms with van der Waals surface area (Å²) in [5, 5.41) is 2.81. The molecule has 0 spiro atoms. The Morgan fingerprint density at radius 3 is 2.90 bits per heavy atom. The SMILES string of the molecule is NCC#Cc1ccc(C(=O)NCCCC2CC2)cc1F. The Morgan fingerprint density at radius 2 is 2.25 bits per heavy atom. The number of nitrogens with one attached hydrogen (secondary N) is 1. The highest BCUT2D eigenvalue weighted by Crippen LogP contribution is 2.33. The highest BCUT2D eigenvalue weighted by Gasteiger charge is 2.20. The number of carbonyl (C=O) groups is 1. The van der Waals surface area contributed by atoms with Crippen LogP contribution >= 0.6 is 0 Å². The molecule has 1 aliphatic rings. The van der Waals surface area contributed by atoms with Crippen LogP contribution < -0.4 is 11.1 Å². The van der Waals surface area contributed by atoms with E-state index in [2.05, 4.69) is 17.2 Å². The van der Waals surface area contributed by atoms with Crippen molar-refractivity contribution in [2.75, 3.05) is 13.1 Å². The topological polar surface area (TPSA) is 55.1 Å². The van der Waals surface area contributed by atoms with Crippen LogP contribution in [0.3, 0.4) is 0 Å². The van der Waals surface area contributed by atoms with E-state index in [1.54, 1.807) is 6.07 Å². The van der Waals surface area contributed by atoms with E-state index in [0.717, 1.165) is 12.3 Å². The lowest BCUT2D eigenvalue weighted by Gasteiger charge is -2.05. The van der Waals surface area contributed by atoms with E-state index in [9.17, 15) is 9.18 Å². The third-order valence-corrected chi connectivity index (χ3v) is 3.33. The maximum Gasteiger partial charge on any atom is 0.251 e. The molecule has 3 nitrogen and oxygen atoms in total. The van der Waals surface area contributed by atoms with Crippen molar-refractivity contribution in [1.29, 1.82) is 0 Å². The first kappa shape index (κ1) is 14.5. The molecule has 1 aromatic carbocycles. The van der Waals surface area contributed by atoms with Gasteiger partial charge in [0, 0.05) is 12.1 Å². The fraction of sp³-hybridized carbons (Fsp3) is 0.438. The van der Waals surface area contributed by atoms with Crippen molar-refractivity contribution in [3.8, 4) is 11.8 Å². The third kappa shape index (κ3) is 4.36. The first-order valence-corrected chi connectivity index (χ1v) is 6.97. The van der Waals surface area contributed by atoms with Crippen LogP contribution in [0, 0.1) is 23.6 Å². The summed E-state index contributed by atoms with van der Waals surface area (Å²) in [7, 11) is 0. The average molecular weight is 274 g/mol. The zero-order valence-electron chi connectivity index (χ0n) is 11.4. The van der Waals surface area contributed by atoms with Crippen molar-refractivity contribution < 1.29 is 9.18 Å². The summed E-state index contributed by atoms with van der Waals surface area (Å²) in [5.41, 5.74) is 5.83. The molecular weight excluding hydrogens is 255 g/mol. The van der Waals surface area contributed by atoms with Gasteiger partial charge in [0.25, 0.3) is 5.91 Å². The molecule has 3 N–H and O–H groups in total. The van der Waals surface area contributed by atoms with Crippen LogP contribution in [0.4, 0.5) is 4.39 Å². The van der Waals surface area contributed by atoms with Gasteiger partial charge in [0.2, 0.25) is 0 Å². The summed E-state index contributed by atoms with van der Waals surface area (Å²) in [4.78, 5) is 11.8. The van der Waals surface area contributed by atoms with Gasteiger partial charge in [-0.2, -0.15) is 0 Å². The van der Waals surface area contributed by atoms with Crippen molar-refractivity contribution in [3.63, 3.8) is 0 Å². The molecule has 0 atom stereocenters. The molecule has 1 amide bonds. The molecule has 0 aliphatic heterocycles. The molecule has 1 fully saturated rings. The standard InChI is InChI=1S/C16H19FN2O/c17-15-11-14(8-7-13(15)4-1-9-18)16(20)19-10-2-3-12-5-6-12/h7-8,11-12H,2-3,5-6,9-10,18H2,(H,19,20). The van der Waals surface area contributed by atoms with Gasteiger partial charge in [0.05, 0.1) is 12.1 Å². The van der Waals surface area contributed by atoms with Gasteiger partial charge in [0.1, 0.15) is 5.82 Å². The average Bonchev–Trinajstić information content (AvgIpc) is 3.26. The van der Waals surface area contributed by atoms with Crippen LogP contribution in [0.5, 0.6) is 0 Å². The molecular formula is C16H19FN2O. The van der Waals surface area contributed by atoms with Gasteiger partial charge in [-0.3, -0.25) is 4.79 Å². The Bertz CT molecular complexity index is 541. The summed E-state index contributed by atoms with van der Waals surface area (Å²) in [5.74, 6) is 5.36. The molecule has 4 heteroatoms. The Morgan fingerprint density at radius 1 is 1.45 bits per heavy atom. The molecule has 2 rings (SSSR count). The fourth-order valence-corrected chi connectivity index (χ4v) is 2.01. The molecule has 20 heavy (non-hydrogen) atoms. The number of hydrogen-bond acceptors (Lipinski definition) is 2. The van der Waals surface area contributed by atoms with Crippen molar-refractivity contribution in [2.24, 2.45) is 11.7 Å². The van der Waals surface area contributed by atoms with Gasteiger partial charge in [-0.25, -0.2) is 4.39 Å². The lowest BCUT2D eigenvalue weighted by atomic mass is 10.1. The normalized spacial score (nSPS) is 13.5. The number of hydrogen-bond donors (Lipinski definition) is 2. The van der Waals surface area contributed by atoms with Crippen LogP contribution in [0.15, 0.2) is 18.2 Å². The molecule has 106 valence electrons. The summed E-state index contributed by atoms with van der Waals surface area (Å²) >= 11 is 0. The van der Waals surface area contributed by atoms with E-state index in [-0.39, 0.29) is 18.0 Å². The van der Waals surface area contributed by atoms with Crippen molar-refractivity contribution in [3.05, 3.63) is 35.1 Å². The molecule has 1 aromatic rings. The van der Waals surface area contributed by atoms with Gasteiger partial charge in [-0.05, 0) is 37.0 Å². The molecule has 0 aromatic heterocycles. The zero-order valence-corrected chi connectivity index (χ0v) is 11.4. The van der Waals surface area contributed by atoms with Crippen molar-refractivity contribution >= 4 is 5.91 Å². The van der Waals surface area contributed by atoms with Crippen LogP contribution in [0.25, 0.3) is 0 Å². The lowest BCUT2D eigenvalue weighted by Crippen LogP contribution is -2.24. The van der Waals surface area contributed by atoms with Gasteiger partial charge >= 0.3 is 0 Å². The zero-order chi connectivity index (χ0) is 14.4. The number of nitrogens with two attached hydrogens (primary N) is 1. The minimum absolute atomic E-state index is 0.183. The maximum atomic E-state index is 13.7. The largest absolute Gasteiger partial charge is 0.352 e. The number of rotatable bonds is 5. The molecule has 0 unspecified atom stereocenters. The molecule has 1 saturated carbocycles. The number of amides is 1. The van der Waals surface area contributed by atoms with Gasteiger partial charge in [0.15, 0.2) is 0 Å². The molecule has 0 radical (unpaired) electrons. The van der Waals surface area contributed by atoms with Gasteiger partial charge in [-0.15, -0.1) is 0 Å². The lowest BCUT2D eigenvalue weighted by molar-refractivity contribution is 0.0952. The summed E-state index contributed by atoms with van der Waals surface area (Å²) in [6.07, 6.45) is 4.80. The third-order valence-electron chi connectivity index (χ3n) is 3.33. The highest BCUT2D eigenvalue weighted by molar-refractivity contribution is 5.94. The summed E-state index contributed by atoms with van der Waals surface area (Å²) in [6, 6.07) is 4.31. The second kappa shape index (κ2) is 7.06. The van der Waals surface area contributed by atoms with Crippen LogP contribution in [-0.2, 0) is 0 Å². The Labute approximate surface area is 118 Å². The van der Waals surface area contributed by atoms with E-state index in [0.29, 0.717) is 12.1 Å². The van der Waals surface area contributed by atoms with Gasteiger partial charge < -0.3 is 11.1 Å². The molecule has 0 saturated heterocycles.